The van der Waals surface area contributed by atoms with Crippen LogP contribution in [0.4, 0.5) is 0 Å². The van der Waals surface area contributed by atoms with Gasteiger partial charge in [-0.15, -0.1) is 0 Å². The van der Waals surface area contributed by atoms with Crippen LogP contribution in [0, 0.1) is 0 Å². The molecule has 3 nitrogen and oxygen atoms in total. The predicted octanol–water partition coefficient (Wildman–Crippen LogP) is 2.68. The summed E-state index contributed by atoms with van der Waals surface area (Å²) in [6.07, 6.45) is 3.52. The largest absolute Gasteiger partial charge is 0.352 e. The number of hydrogen-bond donors (Lipinski definition) is 2. The molecule has 3 heteroatoms. The number of hydrogen-bond acceptors (Lipinski definition) is 2. The van der Waals surface area contributed by atoms with Crippen LogP contribution >= 0.6 is 0 Å². The smallest absolute Gasteiger partial charge is 0.251 e. The van der Waals surface area contributed by atoms with Gasteiger partial charge in [-0.1, -0.05) is 26.0 Å². The van der Waals surface area contributed by atoms with Crippen molar-refractivity contribution in [1.29, 1.82) is 0 Å². The van der Waals surface area contributed by atoms with E-state index in [9.17, 15) is 4.79 Å². The van der Waals surface area contributed by atoms with Gasteiger partial charge < -0.3 is 10.6 Å². The van der Waals surface area contributed by atoms with Crippen LogP contribution in [0.2, 0.25) is 0 Å². The Hall–Kier alpha value is -1.35. The molecule has 1 aliphatic rings. The maximum Gasteiger partial charge on any atom is 0.251 e. The molecule has 1 atom stereocenters. The van der Waals surface area contributed by atoms with Crippen LogP contribution in [0.3, 0.4) is 0 Å². The van der Waals surface area contributed by atoms with Gasteiger partial charge in [-0.3, -0.25) is 4.79 Å². The molecule has 1 aromatic carbocycles. The zero-order chi connectivity index (χ0) is 13.7. The maximum atomic E-state index is 12.0. The number of nitrogens with one attached hydrogen (secondary N) is 2. The first-order valence-electron chi connectivity index (χ1n) is 7.28. The first-order valence-corrected chi connectivity index (χ1v) is 7.28. The molecular weight excluding hydrogens is 236 g/mol. The Kier molecular flexibility index (Phi) is 4.97. The molecule has 1 amide bonds. The Balaban J connectivity index is 1.78. The van der Waals surface area contributed by atoms with Gasteiger partial charge >= 0.3 is 0 Å². The van der Waals surface area contributed by atoms with Crippen molar-refractivity contribution in [3.8, 4) is 0 Å². The molecule has 104 valence electrons. The average molecular weight is 260 g/mol. The topological polar surface area (TPSA) is 41.1 Å². The lowest BCUT2D eigenvalue weighted by molar-refractivity contribution is 0.0952. The summed E-state index contributed by atoms with van der Waals surface area (Å²) in [7, 11) is 0. The fourth-order valence-electron chi connectivity index (χ4n) is 2.48. The summed E-state index contributed by atoms with van der Waals surface area (Å²) in [4.78, 5) is 12.0. The maximum absolute atomic E-state index is 12.0. The monoisotopic (exact) mass is 260 g/mol. The van der Waals surface area contributed by atoms with Gasteiger partial charge in [0.25, 0.3) is 5.91 Å². The Bertz CT molecular complexity index is 405. The molecular formula is C16H24N2O. The summed E-state index contributed by atoms with van der Waals surface area (Å²) < 4.78 is 0. The number of rotatable bonds is 5. The summed E-state index contributed by atoms with van der Waals surface area (Å²) in [5.41, 5.74) is 2.02. The molecule has 0 unspecified atom stereocenters. The van der Waals surface area contributed by atoms with Crippen LogP contribution in [0.5, 0.6) is 0 Å². The van der Waals surface area contributed by atoms with Crippen molar-refractivity contribution in [1.82, 2.24) is 10.6 Å². The summed E-state index contributed by atoms with van der Waals surface area (Å²) in [6, 6.07) is 8.50. The summed E-state index contributed by atoms with van der Waals surface area (Å²) >= 11 is 0. The molecule has 0 aliphatic carbocycles. The minimum atomic E-state index is 0.0355. The van der Waals surface area contributed by atoms with Gasteiger partial charge in [-0.2, -0.15) is 0 Å². The number of benzene rings is 1. The molecule has 1 aromatic rings. The second-order valence-electron chi connectivity index (χ2n) is 5.61. The Labute approximate surface area is 115 Å². The lowest BCUT2D eigenvalue weighted by Gasteiger charge is -2.11. The van der Waals surface area contributed by atoms with E-state index in [1.807, 2.05) is 24.3 Å². The molecule has 1 heterocycles. The summed E-state index contributed by atoms with van der Waals surface area (Å²) in [5, 5.41) is 6.43. The van der Waals surface area contributed by atoms with Crippen LogP contribution in [-0.2, 0) is 0 Å². The highest BCUT2D eigenvalue weighted by molar-refractivity contribution is 5.94. The van der Waals surface area contributed by atoms with E-state index in [0.29, 0.717) is 12.0 Å². The van der Waals surface area contributed by atoms with E-state index < -0.39 is 0 Å². The third-order valence-electron chi connectivity index (χ3n) is 3.78. The molecule has 0 spiro atoms. The van der Waals surface area contributed by atoms with Crippen molar-refractivity contribution in [3.05, 3.63) is 35.4 Å². The van der Waals surface area contributed by atoms with E-state index in [-0.39, 0.29) is 5.91 Å². The standard InChI is InChI=1S/C16H24N2O/c1-12(2)13-5-7-14(8-6-13)16(19)18-11-9-15-4-3-10-17-15/h5-8,12,15,17H,3-4,9-11H2,1-2H3,(H,18,19)/t15-/m0/s1. The van der Waals surface area contributed by atoms with Gasteiger partial charge in [0.05, 0.1) is 0 Å². The number of amides is 1. The van der Waals surface area contributed by atoms with E-state index in [0.717, 1.165) is 25.1 Å². The van der Waals surface area contributed by atoms with E-state index in [4.69, 9.17) is 0 Å². The van der Waals surface area contributed by atoms with Crippen molar-refractivity contribution in [3.63, 3.8) is 0 Å². The number of carbonyl (C=O) groups is 1. The van der Waals surface area contributed by atoms with Crippen LogP contribution in [0.1, 0.15) is 54.9 Å². The first-order chi connectivity index (χ1) is 9.16. The van der Waals surface area contributed by atoms with Gasteiger partial charge in [0.15, 0.2) is 0 Å². The highest BCUT2D eigenvalue weighted by Gasteiger charge is 2.14. The minimum Gasteiger partial charge on any atom is -0.352 e. The zero-order valence-electron chi connectivity index (χ0n) is 11.9. The van der Waals surface area contributed by atoms with Crippen molar-refractivity contribution < 1.29 is 4.79 Å². The lowest BCUT2D eigenvalue weighted by atomic mass is 10.0. The van der Waals surface area contributed by atoms with Crippen molar-refractivity contribution >= 4 is 5.91 Å². The van der Waals surface area contributed by atoms with Gasteiger partial charge in [0.1, 0.15) is 0 Å². The van der Waals surface area contributed by atoms with E-state index in [1.54, 1.807) is 0 Å². The average Bonchev–Trinajstić information content (AvgIpc) is 2.92. The third-order valence-corrected chi connectivity index (χ3v) is 3.78. The highest BCUT2D eigenvalue weighted by Crippen LogP contribution is 2.14. The van der Waals surface area contributed by atoms with Gasteiger partial charge in [0, 0.05) is 18.2 Å². The fourth-order valence-corrected chi connectivity index (χ4v) is 2.48. The first kappa shape index (κ1) is 14.1. The molecule has 19 heavy (non-hydrogen) atoms. The van der Waals surface area contributed by atoms with E-state index >= 15 is 0 Å². The third kappa shape index (κ3) is 4.06. The van der Waals surface area contributed by atoms with E-state index in [2.05, 4.69) is 24.5 Å². The van der Waals surface area contributed by atoms with E-state index in [1.165, 1.54) is 18.4 Å². The summed E-state index contributed by atoms with van der Waals surface area (Å²) in [5.74, 6) is 0.541. The normalized spacial score (nSPS) is 18.8. The second-order valence-corrected chi connectivity index (χ2v) is 5.61. The SMILES string of the molecule is CC(C)c1ccc(C(=O)NCC[C@@H]2CCCN2)cc1. The van der Waals surface area contributed by atoms with Crippen molar-refractivity contribution in [2.45, 2.75) is 45.1 Å². The van der Waals surface area contributed by atoms with Gasteiger partial charge in [0.2, 0.25) is 0 Å². The van der Waals surface area contributed by atoms with Gasteiger partial charge in [-0.25, -0.2) is 0 Å². The summed E-state index contributed by atoms with van der Waals surface area (Å²) in [6.45, 7) is 6.19. The molecule has 0 bridgehead atoms. The fraction of sp³-hybridized carbons (Fsp3) is 0.562. The van der Waals surface area contributed by atoms with Crippen LogP contribution in [0.25, 0.3) is 0 Å². The Morgan fingerprint density at radius 3 is 2.68 bits per heavy atom. The molecule has 2 N–H and O–H groups in total. The highest BCUT2D eigenvalue weighted by atomic mass is 16.1. The molecule has 1 fully saturated rings. The molecule has 0 saturated carbocycles. The van der Waals surface area contributed by atoms with Gasteiger partial charge in [-0.05, 0) is 49.4 Å². The minimum absolute atomic E-state index is 0.0355. The lowest BCUT2D eigenvalue weighted by Crippen LogP contribution is -2.30. The van der Waals surface area contributed by atoms with Crippen molar-refractivity contribution in [2.75, 3.05) is 13.1 Å². The Morgan fingerprint density at radius 2 is 2.11 bits per heavy atom. The quantitative estimate of drug-likeness (QED) is 0.854. The predicted molar refractivity (Wildman–Crippen MR) is 78.5 cm³/mol. The van der Waals surface area contributed by atoms with Crippen LogP contribution in [-0.4, -0.2) is 25.0 Å². The second kappa shape index (κ2) is 6.71. The number of carbonyl (C=O) groups excluding carboxylic acids is 1. The zero-order valence-corrected chi connectivity index (χ0v) is 11.9. The molecule has 1 saturated heterocycles. The molecule has 2 rings (SSSR count). The molecule has 1 aliphatic heterocycles. The molecule has 0 aromatic heterocycles. The van der Waals surface area contributed by atoms with Crippen LogP contribution in [0.15, 0.2) is 24.3 Å². The van der Waals surface area contributed by atoms with Crippen molar-refractivity contribution in [2.24, 2.45) is 0 Å². The Morgan fingerprint density at radius 1 is 1.37 bits per heavy atom. The van der Waals surface area contributed by atoms with Crippen LogP contribution < -0.4 is 10.6 Å². The molecule has 0 radical (unpaired) electrons.